The molecule has 0 radical (unpaired) electrons. The van der Waals surface area contributed by atoms with Crippen molar-refractivity contribution in [2.75, 3.05) is 6.54 Å². The first-order valence-corrected chi connectivity index (χ1v) is 5.29. The van der Waals surface area contributed by atoms with Gasteiger partial charge < -0.3 is 5.73 Å². The minimum Gasteiger partial charge on any atom is -0.351 e. The maximum absolute atomic E-state index is 11.4. The topological polar surface area (TPSA) is 44.7 Å². The number of quaternary nitrogens is 1. The van der Waals surface area contributed by atoms with Crippen molar-refractivity contribution in [2.24, 2.45) is 0 Å². The average molecular weight is 212 g/mol. The Kier molecular flexibility index (Phi) is 3.13. The van der Waals surface area contributed by atoms with E-state index < -0.39 is 0 Å². The zero-order valence-electron chi connectivity index (χ0n) is 9.02. The normalized spacial score (nSPS) is 10.1. The van der Waals surface area contributed by atoms with E-state index in [9.17, 15) is 4.79 Å². The Balaban J connectivity index is 2.30. The number of hydrogen-bond donors (Lipinski definition) is 1. The molecule has 2 rings (SSSR count). The molecule has 0 atom stereocenters. The van der Waals surface area contributed by atoms with E-state index in [2.05, 4.69) is 17.9 Å². The van der Waals surface area contributed by atoms with Crippen LogP contribution in [-0.2, 0) is 0 Å². The summed E-state index contributed by atoms with van der Waals surface area (Å²) >= 11 is 0. The minimum absolute atomic E-state index is 0.0830. The molecule has 80 valence electrons. The molecule has 0 aliphatic rings. The smallest absolute Gasteiger partial charge is 0.216 e. The van der Waals surface area contributed by atoms with Crippen LogP contribution in [0, 0.1) is 0 Å². The summed E-state index contributed by atoms with van der Waals surface area (Å²) in [5.74, 6) is 0.0830. The van der Waals surface area contributed by atoms with Crippen LogP contribution in [0.2, 0.25) is 0 Å². The molecule has 0 saturated heterocycles. The molecular formula is C14H14NO+. The molecule has 0 aromatic heterocycles. The largest absolute Gasteiger partial charge is 0.351 e. The Morgan fingerprint density at radius 2 is 1.44 bits per heavy atom. The Morgan fingerprint density at radius 1 is 0.875 bits per heavy atom. The van der Waals surface area contributed by atoms with Crippen molar-refractivity contribution < 1.29 is 10.5 Å². The third-order valence-electron chi connectivity index (χ3n) is 2.54. The van der Waals surface area contributed by atoms with Gasteiger partial charge in [0.2, 0.25) is 5.78 Å². The van der Waals surface area contributed by atoms with E-state index in [1.165, 1.54) is 0 Å². The van der Waals surface area contributed by atoms with Gasteiger partial charge in [0.05, 0.1) is 0 Å². The van der Waals surface area contributed by atoms with E-state index in [-0.39, 0.29) is 5.78 Å². The van der Waals surface area contributed by atoms with Crippen LogP contribution in [0.4, 0.5) is 0 Å². The molecule has 0 heterocycles. The third-order valence-corrected chi connectivity index (χ3v) is 2.54. The lowest BCUT2D eigenvalue weighted by Gasteiger charge is -2.02. The maximum atomic E-state index is 11.4. The molecule has 3 N–H and O–H groups in total. The van der Waals surface area contributed by atoms with Gasteiger partial charge in [-0.1, -0.05) is 54.6 Å². The lowest BCUT2D eigenvalue weighted by atomic mass is 10.0. The van der Waals surface area contributed by atoms with E-state index in [0.717, 1.165) is 16.7 Å². The molecule has 2 nitrogen and oxygen atoms in total. The summed E-state index contributed by atoms with van der Waals surface area (Å²) in [6, 6.07) is 17.8. The summed E-state index contributed by atoms with van der Waals surface area (Å²) in [5, 5.41) is 0. The van der Waals surface area contributed by atoms with Gasteiger partial charge in [-0.3, -0.25) is 4.79 Å². The number of Topliss-reactive ketones (excluding diaryl/α,β-unsaturated/α-hetero) is 1. The highest BCUT2D eigenvalue weighted by Crippen LogP contribution is 2.19. The van der Waals surface area contributed by atoms with Crippen LogP contribution >= 0.6 is 0 Å². The molecule has 0 aliphatic carbocycles. The van der Waals surface area contributed by atoms with Crippen LogP contribution in [0.15, 0.2) is 54.6 Å². The molecule has 0 unspecified atom stereocenters. The van der Waals surface area contributed by atoms with Crippen LogP contribution in [0.3, 0.4) is 0 Å². The molecule has 0 spiro atoms. The van der Waals surface area contributed by atoms with Gasteiger partial charge in [-0.15, -0.1) is 0 Å². The first-order chi connectivity index (χ1) is 7.81. The van der Waals surface area contributed by atoms with Gasteiger partial charge in [0.1, 0.15) is 6.54 Å². The molecular weight excluding hydrogens is 198 g/mol. The molecule has 0 bridgehead atoms. The van der Waals surface area contributed by atoms with Crippen LogP contribution < -0.4 is 5.73 Å². The van der Waals surface area contributed by atoms with Gasteiger partial charge in [-0.25, -0.2) is 0 Å². The summed E-state index contributed by atoms with van der Waals surface area (Å²) < 4.78 is 0. The van der Waals surface area contributed by atoms with Crippen molar-refractivity contribution >= 4 is 5.78 Å². The second-order valence-electron chi connectivity index (χ2n) is 3.62. The Hall–Kier alpha value is -1.93. The van der Waals surface area contributed by atoms with E-state index in [1.807, 2.05) is 42.5 Å². The number of ketones is 1. The number of benzene rings is 2. The van der Waals surface area contributed by atoms with Gasteiger partial charge in [0.15, 0.2) is 0 Å². The molecule has 2 aromatic carbocycles. The predicted octanol–water partition coefficient (Wildman–Crippen LogP) is 1.78. The van der Waals surface area contributed by atoms with E-state index in [4.69, 9.17) is 0 Å². The second kappa shape index (κ2) is 4.73. The van der Waals surface area contributed by atoms with E-state index >= 15 is 0 Å². The van der Waals surface area contributed by atoms with Gasteiger partial charge in [0, 0.05) is 5.56 Å². The molecule has 0 aliphatic heterocycles. The predicted molar refractivity (Wildman–Crippen MR) is 64.0 cm³/mol. The van der Waals surface area contributed by atoms with Crippen molar-refractivity contribution in [3.05, 3.63) is 60.2 Å². The molecule has 0 amide bonds. The quantitative estimate of drug-likeness (QED) is 0.774. The van der Waals surface area contributed by atoms with Crippen molar-refractivity contribution in [3.63, 3.8) is 0 Å². The maximum Gasteiger partial charge on any atom is 0.216 e. The minimum atomic E-state index is 0.0830. The molecule has 2 heteroatoms. The Labute approximate surface area is 94.7 Å². The van der Waals surface area contributed by atoms with Crippen LogP contribution in [-0.4, -0.2) is 12.3 Å². The number of carbonyl (C=O) groups excluding carboxylic acids is 1. The fourth-order valence-corrected chi connectivity index (χ4v) is 1.62. The highest BCUT2D eigenvalue weighted by atomic mass is 16.1. The van der Waals surface area contributed by atoms with Gasteiger partial charge in [-0.05, 0) is 11.1 Å². The first kappa shape index (κ1) is 10.6. The zero-order valence-corrected chi connectivity index (χ0v) is 9.02. The molecule has 16 heavy (non-hydrogen) atoms. The zero-order chi connectivity index (χ0) is 11.4. The first-order valence-electron chi connectivity index (χ1n) is 5.29. The van der Waals surface area contributed by atoms with E-state index in [1.54, 1.807) is 0 Å². The summed E-state index contributed by atoms with van der Waals surface area (Å²) in [4.78, 5) is 11.4. The van der Waals surface area contributed by atoms with Crippen molar-refractivity contribution in [1.29, 1.82) is 0 Å². The Morgan fingerprint density at radius 3 is 2.00 bits per heavy atom. The molecule has 0 fully saturated rings. The van der Waals surface area contributed by atoms with Gasteiger partial charge in [0.25, 0.3) is 0 Å². The van der Waals surface area contributed by atoms with Gasteiger partial charge >= 0.3 is 0 Å². The van der Waals surface area contributed by atoms with Gasteiger partial charge in [-0.2, -0.15) is 0 Å². The van der Waals surface area contributed by atoms with E-state index in [0.29, 0.717) is 6.54 Å². The number of carbonyl (C=O) groups is 1. The van der Waals surface area contributed by atoms with Crippen LogP contribution in [0.1, 0.15) is 10.4 Å². The summed E-state index contributed by atoms with van der Waals surface area (Å²) in [7, 11) is 0. The monoisotopic (exact) mass is 212 g/mol. The molecule has 2 aromatic rings. The average Bonchev–Trinajstić information content (AvgIpc) is 2.39. The van der Waals surface area contributed by atoms with Crippen molar-refractivity contribution in [1.82, 2.24) is 0 Å². The number of rotatable bonds is 3. The third kappa shape index (κ3) is 2.18. The van der Waals surface area contributed by atoms with Crippen molar-refractivity contribution in [2.45, 2.75) is 0 Å². The SMILES string of the molecule is [NH3+]CC(=O)c1ccc(-c2ccccc2)cc1. The lowest BCUT2D eigenvalue weighted by Crippen LogP contribution is -2.54. The van der Waals surface area contributed by atoms with Crippen molar-refractivity contribution in [3.8, 4) is 11.1 Å². The lowest BCUT2D eigenvalue weighted by molar-refractivity contribution is -0.349. The second-order valence-corrected chi connectivity index (χ2v) is 3.62. The molecule has 0 saturated carbocycles. The fraction of sp³-hybridized carbons (Fsp3) is 0.0714. The summed E-state index contributed by atoms with van der Waals surface area (Å²) in [6.45, 7) is 0.310. The number of hydrogen-bond acceptors (Lipinski definition) is 1. The summed E-state index contributed by atoms with van der Waals surface area (Å²) in [5.41, 5.74) is 6.61. The fourth-order valence-electron chi connectivity index (χ4n) is 1.62. The van der Waals surface area contributed by atoms with Crippen LogP contribution in [0.25, 0.3) is 11.1 Å². The Bertz CT molecular complexity index is 474. The standard InChI is InChI=1S/C14H13NO/c15-10-14(16)13-8-6-12(7-9-13)11-4-2-1-3-5-11/h1-9H,10,15H2/p+1. The summed E-state index contributed by atoms with van der Waals surface area (Å²) in [6.07, 6.45) is 0. The van der Waals surface area contributed by atoms with Crippen LogP contribution in [0.5, 0.6) is 0 Å². The highest BCUT2D eigenvalue weighted by molar-refractivity contribution is 5.97. The highest BCUT2D eigenvalue weighted by Gasteiger charge is 2.04.